The Labute approximate surface area is 57.1 Å². The first-order valence-corrected chi connectivity index (χ1v) is 3.54. The van der Waals surface area contributed by atoms with Gasteiger partial charge in [-0.25, -0.2) is 0 Å². The molecule has 0 fully saturated rings. The Hall–Kier alpha value is -0.460. The van der Waals surface area contributed by atoms with Gasteiger partial charge in [-0.3, -0.25) is 0 Å². The van der Waals surface area contributed by atoms with Crippen LogP contribution < -0.4 is 5.32 Å². The van der Waals surface area contributed by atoms with Crippen molar-refractivity contribution in [2.75, 3.05) is 0 Å². The van der Waals surface area contributed by atoms with Crippen molar-refractivity contribution in [1.82, 2.24) is 5.32 Å². The van der Waals surface area contributed by atoms with Crippen molar-refractivity contribution in [3.8, 4) is 0 Å². The summed E-state index contributed by atoms with van der Waals surface area (Å²) >= 11 is 0. The monoisotopic (exact) mass is 125 g/mol. The molecule has 1 N–H and O–H groups in total. The van der Waals surface area contributed by atoms with Crippen LogP contribution in [0.2, 0.25) is 0 Å². The van der Waals surface area contributed by atoms with Crippen molar-refractivity contribution in [3.63, 3.8) is 0 Å². The molecule has 0 spiro atoms. The second-order valence-corrected chi connectivity index (χ2v) is 3.57. The molecular weight excluding hydrogens is 110 g/mol. The normalized spacial score (nSPS) is 31.7. The van der Waals surface area contributed by atoms with Crippen LogP contribution in [0.15, 0.2) is 12.3 Å². The van der Waals surface area contributed by atoms with E-state index in [0.29, 0.717) is 5.54 Å². The predicted molar refractivity (Wildman–Crippen MR) is 40.1 cm³/mol. The van der Waals surface area contributed by atoms with Gasteiger partial charge in [0.25, 0.3) is 0 Å². The third-order valence-corrected chi connectivity index (χ3v) is 1.73. The first-order valence-electron chi connectivity index (χ1n) is 3.54. The summed E-state index contributed by atoms with van der Waals surface area (Å²) in [4.78, 5) is 0. The van der Waals surface area contributed by atoms with E-state index >= 15 is 0 Å². The van der Waals surface area contributed by atoms with Crippen molar-refractivity contribution < 1.29 is 0 Å². The third kappa shape index (κ3) is 1.74. The molecule has 1 rings (SSSR count). The topological polar surface area (TPSA) is 12.0 Å². The Balaban J connectivity index is 2.58. The van der Waals surface area contributed by atoms with Gasteiger partial charge in [-0.05, 0) is 32.4 Å². The fraction of sp³-hybridized carbons (Fsp3) is 0.750. The van der Waals surface area contributed by atoms with Gasteiger partial charge >= 0.3 is 0 Å². The Morgan fingerprint density at radius 3 is 2.56 bits per heavy atom. The highest BCUT2D eigenvalue weighted by molar-refractivity contribution is 4.99. The fourth-order valence-electron chi connectivity index (χ4n) is 1.37. The van der Waals surface area contributed by atoms with E-state index in [4.69, 9.17) is 0 Å². The van der Waals surface area contributed by atoms with Crippen LogP contribution in [0.5, 0.6) is 0 Å². The Kier molecular flexibility index (Phi) is 1.52. The summed E-state index contributed by atoms with van der Waals surface area (Å²) in [6.07, 6.45) is 5.52. The largest absolute Gasteiger partial charge is 0.386 e. The zero-order chi connectivity index (χ0) is 6.91. The molecule has 1 nitrogen and oxygen atoms in total. The lowest BCUT2D eigenvalue weighted by molar-refractivity contribution is 0.349. The average Bonchev–Trinajstić information content (AvgIpc) is 1.60. The molecule has 1 atom stereocenters. The van der Waals surface area contributed by atoms with E-state index in [-0.39, 0.29) is 0 Å². The minimum Gasteiger partial charge on any atom is -0.386 e. The lowest BCUT2D eigenvalue weighted by atomic mass is 9.89. The molecule has 0 saturated carbocycles. The molecule has 0 aromatic carbocycles. The second kappa shape index (κ2) is 2.05. The van der Waals surface area contributed by atoms with Crippen LogP contribution in [-0.2, 0) is 0 Å². The summed E-state index contributed by atoms with van der Waals surface area (Å²) in [7, 11) is 0. The van der Waals surface area contributed by atoms with E-state index in [1.54, 1.807) is 0 Å². The van der Waals surface area contributed by atoms with Crippen LogP contribution in [0.3, 0.4) is 0 Å². The lowest BCUT2D eigenvalue weighted by Crippen LogP contribution is -2.39. The molecule has 0 radical (unpaired) electrons. The number of hydrogen-bond acceptors (Lipinski definition) is 1. The Morgan fingerprint density at radius 1 is 1.56 bits per heavy atom. The summed E-state index contributed by atoms with van der Waals surface area (Å²) < 4.78 is 0. The molecule has 1 aliphatic heterocycles. The maximum atomic E-state index is 3.31. The minimum atomic E-state index is 0.314. The van der Waals surface area contributed by atoms with Crippen molar-refractivity contribution in [2.24, 2.45) is 5.92 Å². The molecule has 52 valence electrons. The highest BCUT2D eigenvalue weighted by Crippen LogP contribution is 2.20. The van der Waals surface area contributed by atoms with Gasteiger partial charge in [0.15, 0.2) is 0 Å². The predicted octanol–water partition coefficient (Wildman–Crippen LogP) is 1.91. The summed E-state index contributed by atoms with van der Waals surface area (Å²) in [5.41, 5.74) is 0.314. The standard InChI is InChI=1S/C8H15N/c1-7-4-5-9-8(2,3)6-7/h4-5,7,9H,6H2,1-3H3. The summed E-state index contributed by atoms with van der Waals surface area (Å²) in [5, 5.41) is 3.31. The van der Waals surface area contributed by atoms with Crippen LogP contribution in [0, 0.1) is 5.92 Å². The van der Waals surface area contributed by atoms with Gasteiger partial charge < -0.3 is 5.32 Å². The van der Waals surface area contributed by atoms with Gasteiger partial charge in [0.2, 0.25) is 0 Å². The quantitative estimate of drug-likeness (QED) is 0.521. The molecule has 1 heteroatoms. The molecule has 1 aliphatic rings. The number of hydrogen-bond donors (Lipinski definition) is 1. The SMILES string of the molecule is CC1C=CNC(C)(C)C1. The van der Waals surface area contributed by atoms with Crippen molar-refractivity contribution >= 4 is 0 Å². The van der Waals surface area contributed by atoms with Crippen LogP contribution in [0.25, 0.3) is 0 Å². The molecule has 0 aliphatic carbocycles. The van der Waals surface area contributed by atoms with Crippen LogP contribution >= 0.6 is 0 Å². The molecule has 0 aromatic heterocycles. The molecular formula is C8H15N. The molecule has 9 heavy (non-hydrogen) atoms. The zero-order valence-corrected chi connectivity index (χ0v) is 6.44. The average molecular weight is 125 g/mol. The number of nitrogens with one attached hydrogen (secondary N) is 1. The first-order chi connectivity index (χ1) is 4.10. The van der Waals surface area contributed by atoms with Gasteiger partial charge in [0, 0.05) is 5.54 Å². The van der Waals surface area contributed by atoms with Gasteiger partial charge in [0.05, 0.1) is 0 Å². The number of rotatable bonds is 0. The highest BCUT2D eigenvalue weighted by atomic mass is 14.9. The van der Waals surface area contributed by atoms with Crippen molar-refractivity contribution in [2.45, 2.75) is 32.7 Å². The number of allylic oxidation sites excluding steroid dienone is 1. The van der Waals surface area contributed by atoms with Crippen molar-refractivity contribution in [1.29, 1.82) is 0 Å². The lowest BCUT2D eigenvalue weighted by Gasteiger charge is -2.31. The van der Waals surface area contributed by atoms with E-state index < -0.39 is 0 Å². The third-order valence-electron chi connectivity index (χ3n) is 1.73. The molecule has 1 heterocycles. The van der Waals surface area contributed by atoms with Gasteiger partial charge in [-0.1, -0.05) is 13.0 Å². The maximum Gasteiger partial charge on any atom is 0.0317 e. The molecule has 0 saturated heterocycles. The molecule has 1 unspecified atom stereocenters. The molecule has 0 aromatic rings. The van der Waals surface area contributed by atoms with E-state index in [2.05, 4.69) is 38.4 Å². The molecule has 0 amide bonds. The summed E-state index contributed by atoms with van der Waals surface area (Å²) in [6.45, 7) is 6.71. The van der Waals surface area contributed by atoms with Crippen LogP contribution in [-0.4, -0.2) is 5.54 Å². The smallest absolute Gasteiger partial charge is 0.0317 e. The summed E-state index contributed by atoms with van der Waals surface area (Å²) in [5.74, 6) is 0.737. The fourth-order valence-corrected chi connectivity index (χ4v) is 1.37. The zero-order valence-electron chi connectivity index (χ0n) is 6.44. The first kappa shape index (κ1) is 6.66. The van der Waals surface area contributed by atoms with Gasteiger partial charge in [-0.15, -0.1) is 0 Å². The van der Waals surface area contributed by atoms with Crippen LogP contribution in [0.1, 0.15) is 27.2 Å². The van der Waals surface area contributed by atoms with Gasteiger partial charge in [0.1, 0.15) is 0 Å². The Morgan fingerprint density at radius 2 is 2.22 bits per heavy atom. The van der Waals surface area contributed by atoms with E-state index in [1.807, 2.05) is 0 Å². The minimum absolute atomic E-state index is 0.314. The Bertz CT molecular complexity index is 125. The van der Waals surface area contributed by atoms with E-state index in [0.717, 1.165) is 5.92 Å². The highest BCUT2D eigenvalue weighted by Gasteiger charge is 2.20. The van der Waals surface area contributed by atoms with Crippen LogP contribution in [0.4, 0.5) is 0 Å². The van der Waals surface area contributed by atoms with Crippen molar-refractivity contribution in [3.05, 3.63) is 12.3 Å². The molecule has 0 bridgehead atoms. The maximum absolute atomic E-state index is 3.31. The van der Waals surface area contributed by atoms with Gasteiger partial charge in [-0.2, -0.15) is 0 Å². The van der Waals surface area contributed by atoms with E-state index in [9.17, 15) is 0 Å². The van der Waals surface area contributed by atoms with E-state index in [1.165, 1.54) is 6.42 Å². The second-order valence-electron chi connectivity index (χ2n) is 3.57. The summed E-state index contributed by atoms with van der Waals surface area (Å²) in [6, 6.07) is 0.